The summed E-state index contributed by atoms with van der Waals surface area (Å²) in [6.07, 6.45) is 0. The third kappa shape index (κ3) is 2.45. The summed E-state index contributed by atoms with van der Waals surface area (Å²) < 4.78 is 4.95. The molecule has 1 rings (SSSR count). The molecule has 0 aromatic heterocycles. The van der Waals surface area contributed by atoms with Crippen LogP contribution in [0.4, 0.5) is 0 Å². The Kier molecular flexibility index (Phi) is 3.65. The molecule has 1 aliphatic heterocycles. The van der Waals surface area contributed by atoms with Gasteiger partial charge in [0, 0.05) is 0 Å². The standard InChI is InChI=1S/C9H16N2O4/c1-5(2)7(10)8(12)11-4-15-3-6(11)9(13)14/h5-7H,3-4,10H2,1-2H3,(H,13,14)/t6-,7-/m0/s1. The zero-order chi connectivity index (χ0) is 11.6. The smallest absolute Gasteiger partial charge is 0.328 e. The summed E-state index contributed by atoms with van der Waals surface area (Å²) in [4.78, 5) is 23.7. The molecule has 1 heterocycles. The molecule has 2 atom stereocenters. The van der Waals surface area contributed by atoms with Crippen molar-refractivity contribution in [3.63, 3.8) is 0 Å². The van der Waals surface area contributed by atoms with Crippen LogP contribution in [0, 0.1) is 5.92 Å². The summed E-state index contributed by atoms with van der Waals surface area (Å²) >= 11 is 0. The highest BCUT2D eigenvalue weighted by molar-refractivity contribution is 5.87. The molecule has 3 N–H and O–H groups in total. The molecule has 15 heavy (non-hydrogen) atoms. The van der Waals surface area contributed by atoms with Crippen LogP contribution in [-0.2, 0) is 14.3 Å². The van der Waals surface area contributed by atoms with Gasteiger partial charge < -0.3 is 20.5 Å². The van der Waals surface area contributed by atoms with E-state index in [1.807, 2.05) is 13.8 Å². The maximum absolute atomic E-state index is 11.8. The van der Waals surface area contributed by atoms with Crippen molar-refractivity contribution in [2.45, 2.75) is 25.9 Å². The number of hydrogen-bond donors (Lipinski definition) is 2. The maximum Gasteiger partial charge on any atom is 0.328 e. The molecule has 0 bridgehead atoms. The number of hydrogen-bond acceptors (Lipinski definition) is 4. The molecule has 6 heteroatoms. The first-order valence-electron chi connectivity index (χ1n) is 4.81. The minimum atomic E-state index is -1.06. The van der Waals surface area contributed by atoms with E-state index in [0.29, 0.717) is 0 Å². The molecule has 0 aromatic rings. The second-order valence-corrected chi connectivity index (χ2v) is 3.93. The lowest BCUT2D eigenvalue weighted by Crippen LogP contribution is -2.51. The Labute approximate surface area is 88.0 Å². The van der Waals surface area contributed by atoms with Crippen molar-refractivity contribution in [3.05, 3.63) is 0 Å². The molecule has 1 amide bonds. The zero-order valence-electron chi connectivity index (χ0n) is 8.84. The van der Waals surface area contributed by atoms with Gasteiger partial charge in [0.15, 0.2) is 6.04 Å². The molecule has 1 aliphatic rings. The molecule has 1 fully saturated rings. The fraction of sp³-hybridized carbons (Fsp3) is 0.778. The normalized spacial score (nSPS) is 23.2. The Bertz CT molecular complexity index is 267. The van der Waals surface area contributed by atoms with E-state index in [4.69, 9.17) is 15.6 Å². The molecule has 0 unspecified atom stereocenters. The monoisotopic (exact) mass is 216 g/mol. The van der Waals surface area contributed by atoms with Crippen LogP contribution in [0.3, 0.4) is 0 Å². The van der Waals surface area contributed by atoms with Gasteiger partial charge in [-0.1, -0.05) is 13.8 Å². The van der Waals surface area contributed by atoms with E-state index in [2.05, 4.69) is 0 Å². The number of ether oxygens (including phenoxy) is 1. The number of carboxylic acids is 1. The van der Waals surface area contributed by atoms with Crippen molar-refractivity contribution < 1.29 is 19.4 Å². The summed E-state index contributed by atoms with van der Waals surface area (Å²) in [5, 5.41) is 8.84. The van der Waals surface area contributed by atoms with E-state index in [-0.39, 0.29) is 25.2 Å². The predicted octanol–water partition coefficient (Wildman–Crippen LogP) is -0.761. The van der Waals surface area contributed by atoms with Gasteiger partial charge in [-0.25, -0.2) is 4.79 Å². The van der Waals surface area contributed by atoms with E-state index in [9.17, 15) is 9.59 Å². The second-order valence-electron chi connectivity index (χ2n) is 3.93. The number of nitrogens with zero attached hydrogens (tertiary/aromatic N) is 1. The first kappa shape index (κ1) is 11.9. The molecule has 6 nitrogen and oxygen atoms in total. The molecule has 0 aliphatic carbocycles. The van der Waals surface area contributed by atoms with E-state index in [0.717, 1.165) is 0 Å². The first-order valence-corrected chi connectivity index (χ1v) is 4.81. The van der Waals surface area contributed by atoms with Gasteiger partial charge in [-0.15, -0.1) is 0 Å². The number of carbonyl (C=O) groups is 2. The summed E-state index contributed by atoms with van der Waals surface area (Å²) in [6.45, 7) is 3.67. The minimum Gasteiger partial charge on any atom is -0.480 e. The average Bonchev–Trinajstić information content (AvgIpc) is 2.63. The van der Waals surface area contributed by atoms with E-state index in [1.165, 1.54) is 4.90 Å². The van der Waals surface area contributed by atoms with Gasteiger partial charge in [-0.3, -0.25) is 4.79 Å². The van der Waals surface area contributed by atoms with Crippen LogP contribution in [0.2, 0.25) is 0 Å². The molecule has 0 radical (unpaired) electrons. The highest BCUT2D eigenvalue weighted by Gasteiger charge is 2.37. The summed E-state index contributed by atoms with van der Waals surface area (Å²) in [7, 11) is 0. The Hall–Kier alpha value is -1.14. The number of aliphatic carboxylic acids is 1. The topological polar surface area (TPSA) is 92.9 Å². The third-order valence-electron chi connectivity index (χ3n) is 2.45. The maximum atomic E-state index is 11.8. The van der Waals surface area contributed by atoms with E-state index < -0.39 is 18.1 Å². The van der Waals surface area contributed by atoms with Crippen LogP contribution >= 0.6 is 0 Å². The molecular formula is C9H16N2O4. The Morgan fingerprint density at radius 2 is 2.13 bits per heavy atom. The van der Waals surface area contributed by atoms with Crippen LogP contribution in [0.1, 0.15) is 13.8 Å². The quantitative estimate of drug-likeness (QED) is 0.646. The van der Waals surface area contributed by atoms with Crippen molar-refractivity contribution in [1.29, 1.82) is 0 Å². The molecule has 0 saturated carbocycles. The van der Waals surface area contributed by atoms with Crippen LogP contribution < -0.4 is 5.73 Å². The number of nitrogens with two attached hydrogens (primary N) is 1. The van der Waals surface area contributed by atoms with Crippen LogP contribution in [0.15, 0.2) is 0 Å². The van der Waals surface area contributed by atoms with Gasteiger partial charge in [-0.05, 0) is 5.92 Å². The van der Waals surface area contributed by atoms with Crippen LogP contribution in [0.5, 0.6) is 0 Å². The fourth-order valence-electron chi connectivity index (χ4n) is 1.34. The third-order valence-corrected chi connectivity index (χ3v) is 2.45. The highest BCUT2D eigenvalue weighted by atomic mass is 16.5. The molecule has 86 valence electrons. The molecular weight excluding hydrogens is 200 g/mol. The van der Waals surface area contributed by atoms with Crippen LogP contribution in [0.25, 0.3) is 0 Å². The van der Waals surface area contributed by atoms with E-state index in [1.54, 1.807) is 0 Å². The number of amides is 1. The van der Waals surface area contributed by atoms with Gasteiger partial charge in [0.05, 0.1) is 12.6 Å². The Morgan fingerprint density at radius 1 is 1.53 bits per heavy atom. The van der Waals surface area contributed by atoms with E-state index >= 15 is 0 Å². The Balaban J connectivity index is 2.70. The lowest BCUT2D eigenvalue weighted by molar-refractivity contribution is -0.148. The van der Waals surface area contributed by atoms with Gasteiger partial charge in [-0.2, -0.15) is 0 Å². The Morgan fingerprint density at radius 3 is 2.60 bits per heavy atom. The predicted molar refractivity (Wildman–Crippen MR) is 51.9 cm³/mol. The zero-order valence-corrected chi connectivity index (χ0v) is 8.84. The lowest BCUT2D eigenvalue weighted by Gasteiger charge is -2.24. The number of carboxylic acid groups (broad SMARTS) is 1. The molecule has 0 aromatic carbocycles. The largest absolute Gasteiger partial charge is 0.480 e. The van der Waals surface area contributed by atoms with Crippen LogP contribution in [-0.4, -0.2) is 47.3 Å². The highest BCUT2D eigenvalue weighted by Crippen LogP contribution is 2.13. The lowest BCUT2D eigenvalue weighted by atomic mass is 10.0. The molecule has 1 saturated heterocycles. The van der Waals surface area contributed by atoms with Crippen molar-refractivity contribution in [1.82, 2.24) is 4.90 Å². The van der Waals surface area contributed by atoms with Gasteiger partial charge in [0.2, 0.25) is 5.91 Å². The number of rotatable bonds is 3. The van der Waals surface area contributed by atoms with Crippen molar-refractivity contribution >= 4 is 11.9 Å². The first-order chi connectivity index (χ1) is 6.95. The summed E-state index contributed by atoms with van der Waals surface area (Å²) in [6, 6.07) is -1.57. The summed E-state index contributed by atoms with van der Waals surface area (Å²) in [5.74, 6) is -1.45. The SMILES string of the molecule is CC(C)[C@H](N)C(=O)N1COC[C@H]1C(=O)O. The van der Waals surface area contributed by atoms with Crippen molar-refractivity contribution in [2.24, 2.45) is 11.7 Å². The summed E-state index contributed by atoms with van der Waals surface area (Å²) in [5.41, 5.74) is 5.66. The minimum absolute atomic E-state index is 0.0101. The van der Waals surface area contributed by atoms with Crippen molar-refractivity contribution in [2.75, 3.05) is 13.3 Å². The van der Waals surface area contributed by atoms with Gasteiger partial charge in [0.1, 0.15) is 6.73 Å². The number of carbonyl (C=O) groups excluding carboxylic acids is 1. The van der Waals surface area contributed by atoms with Gasteiger partial charge >= 0.3 is 5.97 Å². The van der Waals surface area contributed by atoms with Gasteiger partial charge in [0.25, 0.3) is 0 Å². The average molecular weight is 216 g/mol. The second kappa shape index (κ2) is 4.59. The molecule has 0 spiro atoms. The van der Waals surface area contributed by atoms with Crippen molar-refractivity contribution in [3.8, 4) is 0 Å². The fourth-order valence-corrected chi connectivity index (χ4v) is 1.34.